The normalized spacial score (nSPS) is 11.9. The molecular weight excluding hydrogens is 290 g/mol. The van der Waals surface area contributed by atoms with Gasteiger partial charge in [-0.15, -0.1) is 0 Å². The number of nitrogens with zero attached hydrogens (tertiary/aromatic N) is 2. The van der Waals surface area contributed by atoms with Crippen LogP contribution < -0.4 is 5.32 Å². The van der Waals surface area contributed by atoms with Crippen molar-refractivity contribution in [3.8, 4) is 0 Å². The molecule has 0 unspecified atom stereocenters. The molecule has 0 amide bonds. The molecule has 2 rings (SSSR count). The number of benzene rings is 1. The Balaban J connectivity index is 2.06. The highest BCUT2D eigenvalue weighted by Gasteiger charge is 2.16. The second kappa shape index (κ2) is 5.87. The Morgan fingerprint density at radius 2 is 1.81 bits per heavy atom. The quantitative estimate of drug-likeness (QED) is 0.916. The van der Waals surface area contributed by atoms with Crippen molar-refractivity contribution in [3.05, 3.63) is 41.6 Å². The molecule has 0 bridgehead atoms. The summed E-state index contributed by atoms with van der Waals surface area (Å²) in [6, 6.07) is 6.59. The minimum absolute atomic E-state index is 0.265. The van der Waals surface area contributed by atoms with Crippen molar-refractivity contribution in [1.29, 1.82) is 0 Å². The molecule has 0 saturated heterocycles. The first kappa shape index (κ1) is 15.5. The lowest BCUT2D eigenvalue weighted by molar-refractivity contribution is 0.478. The molecule has 0 aliphatic rings. The van der Waals surface area contributed by atoms with E-state index in [1.165, 1.54) is 18.4 Å². The predicted octanol–water partition coefficient (Wildman–Crippen LogP) is 2.15. The van der Waals surface area contributed by atoms with Gasteiger partial charge in [-0.3, -0.25) is 0 Å². The van der Waals surface area contributed by atoms with E-state index in [2.05, 4.69) is 10.3 Å². The van der Waals surface area contributed by atoms with E-state index in [1.807, 2.05) is 13.8 Å². The predicted molar refractivity (Wildman–Crippen MR) is 80.6 cm³/mol. The first-order chi connectivity index (χ1) is 9.80. The first-order valence-electron chi connectivity index (χ1n) is 6.50. The second-order valence-corrected chi connectivity index (χ2v) is 7.07. The van der Waals surface area contributed by atoms with Crippen molar-refractivity contribution in [3.63, 3.8) is 0 Å². The van der Waals surface area contributed by atoms with Gasteiger partial charge < -0.3 is 9.73 Å². The van der Waals surface area contributed by atoms with E-state index < -0.39 is 10.0 Å². The highest BCUT2D eigenvalue weighted by atomic mass is 32.2. The highest BCUT2D eigenvalue weighted by Crippen LogP contribution is 2.17. The number of hydrogen-bond donors (Lipinski definition) is 1. The third-order valence-corrected chi connectivity index (χ3v) is 4.98. The van der Waals surface area contributed by atoms with Crippen LogP contribution in [0.25, 0.3) is 0 Å². The van der Waals surface area contributed by atoms with Crippen LogP contribution in [0.1, 0.15) is 17.3 Å². The smallest absolute Gasteiger partial charge is 0.242 e. The third-order valence-electron chi connectivity index (χ3n) is 3.15. The number of nitrogens with one attached hydrogen (secondary N) is 1. The van der Waals surface area contributed by atoms with Gasteiger partial charge in [0, 0.05) is 19.8 Å². The number of hydrogen-bond acceptors (Lipinski definition) is 5. The average molecular weight is 309 g/mol. The Bertz CT molecular complexity index is 699. The molecule has 0 fully saturated rings. The van der Waals surface area contributed by atoms with Crippen LogP contribution in [0.3, 0.4) is 0 Å². The van der Waals surface area contributed by atoms with E-state index in [-0.39, 0.29) is 4.90 Å². The summed E-state index contributed by atoms with van der Waals surface area (Å²) in [5, 5.41) is 3.14. The van der Waals surface area contributed by atoms with Crippen molar-refractivity contribution in [2.75, 3.05) is 19.4 Å². The summed E-state index contributed by atoms with van der Waals surface area (Å²) >= 11 is 0. The van der Waals surface area contributed by atoms with Crippen LogP contribution in [0.5, 0.6) is 0 Å². The fourth-order valence-electron chi connectivity index (χ4n) is 1.75. The molecule has 21 heavy (non-hydrogen) atoms. The maximum Gasteiger partial charge on any atom is 0.242 e. The zero-order valence-corrected chi connectivity index (χ0v) is 13.4. The topological polar surface area (TPSA) is 75.4 Å². The van der Waals surface area contributed by atoms with E-state index in [9.17, 15) is 8.42 Å². The molecule has 0 aliphatic heterocycles. The van der Waals surface area contributed by atoms with E-state index in [1.54, 1.807) is 24.3 Å². The summed E-state index contributed by atoms with van der Waals surface area (Å²) < 4.78 is 30.5. The summed E-state index contributed by atoms with van der Waals surface area (Å²) in [4.78, 5) is 4.54. The second-order valence-electron chi connectivity index (χ2n) is 4.91. The molecule has 1 aromatic heterocycles. The SMILES string of the molecule is Cc1nc(CNc2ccc(S(=O)(=O)N(C)C)cc2)oc1C. The van der Waals surface area contributed by atoms with Gasteiger partial charge in [0.15, 0.2) is 0 Å². The molecule has 7 heteroatoms. The molecule has 2 aromatic rings. The van der Waals surface area contributed by atoms with Gasteiger partial charge >= 0.3 is 0 Å². The number of rotatable bonds is 5. The third kappa shape index (κ3) is 3.43. The van der Waals surface area contributed by atoms with Gasteiger partial charge in [0.25, 0.3) is 0 Å². The lowest BCUT2D eigenvalue weighted by Gasteiger charge is -2.11. The summed E-state index contributed by atoms with van der Waals surface area (Å²) in [5.74, 6) is 1.41. The number of aryl methyl sites for hydroxylation is 2. The summed E-state index contributed by atoms with van der Waals surface area (Å²) in [7, 11) is -0.371. The van der Waals surface area contributed by atoms with Gasteiger partial charge in [0.1, 0.15) is 5.76 Å². The molecule has 114 valence electrons. The fraction of sp³-hybridized carbons (Fsp3) is 0.357. The lowest BCUT2D eigenvalue weighted by atomic mass is 10.3. The highest BCUT2D eigenvalue weighted by molar-refractivity contribution is 7.89. The molecule has 1 N–H and O–H groups in total. The number of sulfonamides is 1. The molecule has 0 atom stereocenters. The minimum atomic E-state index is -3.39. The van der Waals surface area contributed by atoms with E-state index in [0.717, 1.165) is 17.1 Å². The monoisotopic (exact) mass is 309 g/mol. The molecule has 1 aromatic carbocycles. The van der Waals surface area contributed by atoms with Gasteiger partial charge in [-0.05, 0) is 38.1 Å². The van der Waals surface area contributed by atoms with Crippen LogP contribution in [-0.2, 0) is 16.6 Å². The van der Waals surface area contributed by atoms with Crippen molar-refractivity contribution in [2.45, 2.75) is 25.3 Å². The Morgan fingerprint density at radius 1 is 1.19 bits per heavy atom. The Labute approximate surface area is 124 Å². The van der Waals surface area contributed by atoms with Gasteiger partial charge in [-0.1, -0.05) is 0 Å². The average Bonchev–Trinajstić information content (AvgIpc) is 2.76. The van der Waals surface area contributed by atoms with Crippen LogP contribution in [0.2, 0.25) is 0 Å². The number of anilines is 1. The standard InChI is InChI=1S/C14H19N3O3S/c1-10-11(2)20-14(16-10)9-15-12-5-7-13(8-6-12)21(18,19)17(3)4/h5-8,15H,9H2,1-4H3. The van der Waals surface area contributed by atoms with Crippen molar-refractivity contribution >= 4 is 15.7 Å². The number of oxazole rings is 1. The minimum Gasteiger partial charge on any atom is -0.444 e. The summed E-state index contributed by atoms with van der Waals surface area (Å²) in [6.45, 7) is 4.21. The zero-order valence-electron chi connectivity index (χ0n) is 12.5. The van der Waals surface area contributed by atoms with E-state index in [4.69, 9.17) is 4.42 Å². The molecule has 0 saturated carbocycles. The molecule has 0 spiro atoms. The fourth-order valence-corrected chi connectivity index (χ4v) is 2.65. The molecule has 1 heterocycles. The summed E-state index contributed by atoms with van der Waals surface area (Å²) in [5.41, 5.74) is 1.68. The van der Waals surface area contributed by atoms with Crippen LogP contribution in [0.4, 0.5) is 5.69 Å². The molecular formula is C14H19N3O3S. The zero-order chi connectivity index (χ0) is 15.6. The van der Waals surface area contributed by atoms with E-state index in [0.29, 0.717) is 12.4 Å². The van der Waals surface area contributed by atoms with Crippen molar-refractivity contribution < 1.29 is 12.8 Å². The Kier molecular flexibility index (Phi) is 4.34. The van der Waals surface area contributed by atoms with Crippen molar-refractivity contribution in [1.82, 2.24) is 9.29 Å². The Morgan fingerprint density at radius 3 is 2.29 bits per heavy atom. The van der Waals surface area contributed by atoms with Crippen molar-refractivity contribution in [2.24, 2.45) is 0 Å². The van der Waals surface area contributed by atoms with Crippen LogP contribution in [0.15, 0.2) is 33.6 Å². The van der Waals surface area contributed by atoms with Crippen LogP contribution in [-0.4, -0.2) is 31.8 Å². The van der Waals surface area contributed by atoms with Gasteiger partial charge in [0.2, 0.25) is 15.9 Å². The van der Waals surface area contributed by atoms with Crippen LogP contribution >= 0.6 is 0 Å². The van der Waals surface area contributed by atoms with Gasteiger partial charge in [0.05, 0.1) is 17.1 Å². The molecule has 0 radical (unpaired) electrons. The van der Waals surface area contributed by atoms with Crippen LogP contribution in [0, 0.1) is 13.8 Å². The largest absolute Gasteiger partial charge is 0.444 e. The Hall–Kier alpha value is -1.86. The molecule has 0 aliphatic carbocycles. The number of aromatic nitrogens is 1. The van der Waals surface area contributed by atoms with E-state index >= 15 is 0 Å². The first-order valence-corrected chi connectivity index (χ1v) is 7.94. The maximum atomic E-state index is 11.9. The van der Waals surface area contributed by atoms with Gasteiger partial charge in [-0.25, -0.2) is 17.7 Å². The maximum absolute atomic E-state index is 11.9. The molecule has 6 nitrogen and oxygen atoms in total. The van der Waals surface area contributed by atoms with Gasteiger partial charge in [-0.2, -0.15) is 0 Å². The lowest BCUT2D eigenvalue weighted by Crippen LogP contribution is -2.22. The summed E-state index contributed by atoms with van der Waals surface area (Å²) in [6.07, 6.45) is 0.